The number of aromatic amines is 1. The molecule has 1 heterocycles. The van der Waals surface area contributed by atoms with Gasteiger partial charge in [-0.2, -0.15) is 4.68 Å². The van der Waals surface area contributed by atoms with Crippen molar-refractivity contribution in [3.05, 3.63) is 46.4 Å². The second kappa shape index (κ2) is 6.48. The fraction of sp³-hybridized carbons (Fsp3) is 0.154. The Kier molecular flexibility index (Phi) is 4.47. The molecule has 0 aliphatic carbocycles. The van der Waals surface area contributed by atoms with Crippen molar-refractivity contribution < 1.29 is 14.3 Å². The van der Waals surface area contributed by atoms with Gasteiger partial charge < -0.3 is 10.1 Å². The highest BCUT2D eigenvalue weighted by Gasteiger charge is 2.16. The minimum atomic E-state index is -0.944. The molecule has 0 aliphatic heterocycles. The van der Waals surface area contributed by atoms with E-state index in [4.69, 9.17) is 0 Å². The van der Waals surface area contributed by atoms with E-state index in [2.05, 4.69) is 25.4 Å². The molecule has 0 saturated carbocycles. The van der Waals surface area contributed by atoms with Gasteiger partial charge in [0.1, 0.15) is 0 Å². The average Bonchev–Trinajstić information content (AvgIpc) is 2.80. The number of amides is 2. The molecule has 114 valence electrons. The Balaban J connectivity index is 2.26. The van der Waals surface area contributed by atoms with Crippen LogP contribution in [0, 0.1) is 6.92 Å². The van der Waals surface area contributed by atoms with E-state index >= 15 is 0 Å². The summed E-state index contributed by atoms with van der Waals surface area (Å²) in [5.41, 5.74) is -0.0440. The molecule has 22 heavy (non-hydrogen) atoms. The zero-order chi connectivity index (χ0) is 16.1. The van der Waals surface area contributed by atoms with Crippen LogP contribution in [0.1, 0.15) is 5.69 Å². The summed E-state index contributed by atoms with van der Waals surface area (Å²) in [6.07, 6.45) is -0.944. The number of carbonyl (C=O) groups is 2. The van der Waals surface area contributed by atoms with Gasteiger partial charge >= 0.3 is 17.7 Å². The monoisotopic (exact) mass is 303 g/mol. The minimum absolute atomic E-state index is 0.145. The van der Waals surface area contributed by atoms with E-state index in [1.807, 2.05) is 0 Å². The van der Waals surface area contributed by atoms with Crippen molar-refractivity contribution in [1.29, 1.82) is 0 Å². The predicted molar refractivity (Wildman–Crippen MR) is 77.6 cm³/mol. The van der Waals surface area contributed by atoms with Crippen LogP contribution in [0.2, 0.25) is 0 Å². The lowest BCUT2D eigenvalue weighted by atomic mass is 10.3. The highest BCUT2D eigenvalue weighted by Crippen LogP contribution is 2.12. The van der Waals surface area contributed by atoms with E-state index in [1.165, 1.54) is 6.92 Å². The number of carbonyl (C=O) groups excluding carboxylic acids is 2. The maximum atomic E-state index is 12.1. The average molecular weight is 303 g/mol. The van der Waals surface area contributed by atoms with Gasteiger partial charge in [-0.15, -0.1) is 5.11 Å². The molecular weight excluding hydrogens is 290 g/mol. The lowest BCUT2D eigenvalue weighted by molar-refractivity contribution is 0.181. The third kappa shape index (κ3) is 3.26. The molecule has 0 radical (unpaired) electrons. The summed E-state index contributed by atoms with van der Waals surface area (Å²) in [6, 6.07) is 7.96. The SMILES string of the molecule is COC(=O)N=Nc1c(C)[nH]n(C(=O)Nc2ccccc2)c1=O. The largest absolute Gasteiger partial charge is 0.452 e. The summed E-state index contributed by atoms with van der Waals surface area (Å²) >= 11 is 0. The summed E-state index contributed by atoms with van der Waals surface area (Å²) in [4.78, 5) is 35.0. The Morgan fingerprint density at radius 3 is 2.59 bits per heavy atom. The summed E-state index contributed by atoms with van der Waals surface area (Å²) in [5.74, 6) is 0. The van der Waals surface area contributed by atoms with Crippen molar-refractivity contribution in [3.8, 4) is 0 Å². The van der Waals surface area contributed by atoms with Gasteiger partial charge in [-0.25, -0.2) is 9.59 Å². The first-order chi connectivity index (χ1) is 10.5. The van der Waals surface area contributed by atoms with Gasteiger partial charge in [-0.3, -0.25) is 9.89 Å². The maximum Gasteiger partial charge on any atom is 0.452 e. The zero-order valence-corrected chi connectivity index (χ0v) is 11.9. The number of benzene rings is 1. The highest BCUT2D eigenvalue weighted by molar-refractivity contribution is 5.90. The molecule has 0 unspecified atom stereocenters. The number of rotatable bonds is 2. The van der Waals surface area contributed by atoms with E-state index < -0.39 is 17.7 Å². The van der Waals surface area contributed by atoms with E-state index in [9.17, 15) is 14.4 Å². The first-order valence-electron chi connectivity index (χ1n) is 6.20. The van der Waals surface area contributed by atoms with Gasteiger partial charge in [0.05, 0.1) is 12.8 Å². The molecule has 9 nitrogen and oxygen atoms in total. The van der Waals surface area contributed by atoms with Gasteiger partial charge in [-0.1, -0.05) is 23.3 Å². The second-order valence-electron chi connectivity index (χ2n) is 4.19. The van der Waals surface area contributed by atoms with Crippen molar-refractivity contribution in [2.24, 2.45) is 10.2 Å². The van der Waals surface area contributed by atoms with Gasteiger partial charge in [0, 0.05) is 5.69 Å². The topological polar surface area (TPSA) is 118 Å². The van der Waals surface area contributed by atoms with Gasteiger partial charge in [0.25, 0.3) is 0 Å². The molecule has 0 bridgehead atoms. The smallest absolute Gasteiger partial charge is 0.450 e. The summed E-state index contributed by atoms with van der Waals surface area (Å²) in [5, 5.41) is 11.8. The molecule has 2 aromatic rings. The van der Waals surface area contributed by atoms with Gasteiger partial charge in [0.2, 0.25) is 0 Å². The number of ether oxygens (including phenoxy) is 1. The van der Waals surface area contributed by atoms with E-state index in [1.54, 1.807) is 30.3 Å². The molecule has 2 rings (SSSR count). The summed E-state index contributed by atoms with van der Waals surface area (Å²) in [7, 11) is 1.14. The van der Waals surface area contributed by atoms with E-state index in [0.29, 0.717) is 11.4 Å². The zero-order valence-electron chi connectivity index (χ0n) is 11.9. The number of aromatic nitrogens is 2. The van der Waals surface area contributed by atoms with Gasteiger partial charge in [0.15, 0.2) is 5.69 Å². The molecule has 2 amide bonds. The number of H-pyrrole nitrogens is 1. The number of nitrogens with one attached hydrogen (secondary N) is 2. The van der Waals surface area contributed by atoms with Crippen molar-refractivity contribution in [2.45, 2.75) is 6.92 Å². The van der Waals surface area contributed by atoms with Crippen molar-refractivity contribution >= 4 is 23.5 Å². The number of nitrogens with zero attached hydrogens (tertiary/aromatic N) is 3. The molecule has 0 aliphatic rings. The fourth-order valence-corrected chi connectivity index (χ4v) is 1.63. The van der Waals surface area contributed by atoms with Gasteiger partial charge in [-0.05, 0) is 19.1 Å². The molecule has 0 saturated heterocycles. The van der Waals surface area contributed by atoms with Crippen LogP contribution in [0.3, 0.4) is 0 Å². The lowest BCUT2D eigenvalue weighted by Crippen LogP contribution is -2.29. The van der Waals surface area contributed by atoms with Crippen molar-refractivity contribution in [1.82, 2.24) is 9.78 Å². The first-order valence-corrected chi connectivity index (χ1v) is 6.20. The third-order valence-corrected chi connectivity index (χ3v) is 2.67. The quantitative estimate of drug-likeness (QED) is 0.828. The Bertz CT molecular complexity index is 775. The van der Waals surface area contributed by atoms with Crippen LogP contribution in [0.5, 0.6) is 0 Å². The number of hydrogen-bond acceptors (Lipinski definition) is 5. The molecule has 2 N–H and O–H groups in total. The highest BCUT2D eigenvalue weighted by atomic mass is 16.5. The number of anilines is 1. The van der Waals surface area contributed by atoms with Crippen molar-refractivity contribution in [3.63, 3.8) is 0 Å². The van der Waals surface area contributed by atoms with E-state index in [-0.39, 0.29) is 5.69 Å². The summed E-state index contributed by atoms with van der Waals surface area (Å²) in [6.45, 7) is 1.53. The molecule has 0 atom stereocenters. The number of azo groups is 1. The first kappa shape index (κ1) is 15.2. The van der Waals surface area contributed by atoms with Crippen LogP contribution in [0.4, 0.5) is 21.0 Å². The van der Waals surface area contributed by atoms with Crippen LogP contribution in [-0.4, -0.2) is 29.0 Å². The van der Waals surface area contributed by atoms with Crippen LogP contribution < -0.4 is 10.9 Å². The Hall–Kier alpha value is -3.23. The Labute approximate surface area is 124 Å². The van der Waals surface area contributed by atoms with E-state index in [0.717, 1.165) is 11.8 Å². The Morgan fingerprint density at radius 1 is 1.27 bits per heavy atom. The number of para-hydroxylation sites is 1. The maximum absolute atomic E-state index is 12.1. The molecular formula is C13H13N5O4. The normalized spacial score (nSPS) is 10.6. The second-order valence-corrected chi connectivity index (χ2v) is 4.19. The Morgan fingerprint density at radius 2 is 1.95 bits per heavy atom. The minimum Gasteiger partial charge on any atom is -0.450 e. The van der Waals surface area contributed by atoms with Crippen LogP contribution in [-0.2, 0) is 4.74 Å². The molecule has 9 heteroatoms. The predicted octanol–water partition coefficient (Wildman–Crippen LogP) is 2.42. The number of methoxy groups -OCH3 is 1. The number of aryl methyl sites for hydroxylation is 1. The van der Waals surface area contributed by atoms with Crippen LogP contribution in [0.25, 0.3) is 0 Å². The molecule has 1 aromatic heterocycles. The molecule has 1 aromatic carbocycles. The number of hydrogen-bond donors (Lipinski definition) is 2. The lowest BCUT2D eigenvalue weighted by Gasteiger charge is -2.03. The fourth-order valence-electron chi connectivity index (χ4n) is 1.63. The molecule has 0 spiro atoms. The van der Waals surface area contributed by atoms with Crippen molar-refractivity contribution in [2.75, 3.05) is 12.4 Å². The summed E-state index contributed by atoms with van der Waals surface area (Å²) < 4.78 is 5.03. The van der Waals surface area contributed by atoms with Crippen LogP contribution in [0.15, 0.2) is 45.4 Å². The van der Waals surface area contributed by atoms with Crippen LogP contribution >= 0.6 is 0 Å². The third-order valence-electron chi connectivity index (χ3n) is 2.67. The molecule has 0 fully saturated rings. The standard InChI is InChI=1S/C13H13N5O4/c1-8-10(15-16-13(21)22-2)11(19)18(17-8)12(20)14-9-6-4-3-5-7-9/h3-7,17H,1-2H3,(H,14,20).